The Kier molecular flexibility index (Phi) is 9.61. The Balaban J connectivity index is 2.08. The molecule has 1 amide bonds. The number of furan rings is 1. The quantitative estimate of drug-likeness (QED) is 0.496. The summed E-state index contributed by atoms with van der Waals surface area (Å²) in [6, 6.07) is 13.9. The average Bonchev–Trinajstić information content (AvgIpc) is 3.10. The summed E-state index contributed by atoms with van der Waals surface area (Å²) in [4.78, 5) is 28.9. The highest BCUT2D eigenvalue weighted by molar-refractivity contribution is 5.79. The highest BCUT2D eigenvalue weighted by atomic mass is 16.5. The van der Waals surface area contributed by atoms with E-state index in [1.54, 1.807) is 6.92 Å². The number of esters is 1. The summed E-state index contributed by atoms with van der Waals surface area (Å²) in [6.07, 6.45) is 0.758. The Bertz CT molecular complexity index is 786. The lowest BCUT2D eigenvalue weighted by atomic mass is 10.1. The van der Waals surface area contributed by atoms with Gasteiger partial charge in [0.1, 0.15) is 11.5 Å². The Labute approximate surface area is 179 Å². The van der Waals surface area contributed by atoms with Gasteiger partial charge in [-0.1, -0.05) is 44.2 Å². The van der Waals surface area contributed by atoms with Crippen molar-refractivity contribution in [1.82, 2.24) is 9.80 Å². The molecule has 1 heterocycles. The molecule has 0 aliphatic carbocycles. The lowest BCUT2D eigenvalue weighted by Gasteiger charge is -2.27. The van der Waals surface area contributed by atoms with E-state index in [-0.39, 0.29) is 25.0 Å². The van der Waals surface area contributed by atoms with E-state index in [2.05, 4.69) is 26.0 Å². The fourth-order valence-corrected chi connectivity index (χ4v) is 3.34. The summed E-state index contributed by atoms with van der Waals surface area (Å²) in [5.74, 6) is 1.59. The second kappa shape index (κ2) is 12.2. The van der Waals surface area contributed by atoms with Gasteiger partial charge in [-0.3, -0.25) is 14.5 Å². The normalized spacial score (nSPS) is 11.1. The molecule has 2 aromatic rings. The summed E-state index contributed by atoms with van der Waals surface area (Å²) in [7, 11) is 0. The van der Waals surface area contributed by atoms with E-state index >= 15 is 0 Å². The van der Waals surface area contributed by atoms with Crippen molar-refractivity contribution >= 4 is 11.9 Å². The zero-order chi connectivity index (χ0) is 21.9. The van der Waals surface area contributed by atoms with Gasteiger partial charge in [0, 0.05) is 13.1 Å². The molecule has 6 heteroatoms. The smallest absolute Gasteiger partial charge is 0.320 e. The largest absolute Gasteiger partial charge is 0.465 e. The van der Waals surface area contributed by atoms with Crippen molar-refractivity contribution in [3.05, 3.63) is 59.5 Å². The van der Waals surface area contributed by atoms with Gasteiger partial charge in [0.05, 0.1) is 26.2 Å². The standard InChI is InChI=1S/C24H34N2O4/c1-5-29-24(28)18-25(15-19(2)3)17-23(27)26(16-22-12-11-20(4)30-22)14-13-21-9-7-6-8-10-21/h6-12,19H,5,13-18H2,1-4H3. The Morgan fingerprint density at radius 1 is 1.07 bits per heavy atom. The second-order valence-electron chi connectivity index (χ2n) is 7.93. The number of carbonyl (C=O) groups is 2. The van der Waals surface area contributed by atoms with Crippen molar-refractivity contribution in [2.45, 2.75) is 40.7 Å². The fraction of sp³-hybridized carbons (Fsp3) is 0.500. The summed E-state index contributed by atoms with van der Waals surface area (Å²) in [5, 5.41) is 0. The SMILES string of the molecule is CCOC(=O)CN(CC(=O)N(CCc1ccccc1)Cc1ccc(C)o1)CC(C)C. The van der Waals surface area contributed by atoms with Crippen LogP contribution in [0.4, 0.5) is 0 Å². The molecule has 0 atom stereocenters. The molecule has 6 nitrogen and oxygen atoms in total. The Morgan fingerprint density at radius 2 is 1.80 bits per heavy atom. The molecule has 0 aliphatic heterocycles. The van der Waals surface area contributed by atoms with Gasteiger partial charge >= 0.3 is 5.97 Å². The lowest BCUT2D eigenvalue weighted by molar-refractivity contribution is -0.145. The molecule has 0 unspecified atom stereocenters. The van der Waals surface area contributed by atoms with Gasteiger partial charge < -0.3 is 14.1 Å². The maximum Gasteiger partial charge on any atom is 0.320 e. The molecule has 2 rings (SSSR count). The first kappa shape index (κ1) is 23.7. The summed E-state index contributed by atoms with van der Waals surface area (Å²) in [6.45, 7) is 10.1. The minimum atomic E-state index is -0.302. The zero-order valence-corrected chi connectivity index (χ0v) is 18.6. The van der Waals surface area contributed by atoms with Crippen LogP contribution in [0.25, 0.3) is 0 Å². The van der Waals surface area contributed by atoms with Crippen LogP contribution in [-0.2, 0) is 27.3 Å². The predicted molar refractivity (Wildman–Crippen MR) is 117 cm³/mol. The van der Waals surface area contributed by atoms with Crippen molar-refractivity contribution in [3.8, 4) is 0 Å². The molecule has 0 saturated carbocycles. The van der Waals surface area contributed by atoms with Crippen molar-refractivity contribution in [2.75, 3.05) is 32.8 Å². The summed E-state index contributed by atoms with van der Waals surface area (Å²) < 4.78 is 10.8. The van der Waals surface area contributed by atoms with Crippen LogP contribution in [0, 0.1) is 12.8 Å². The van der Waals surface area contributed by atoms with E-state index in [0.29, 0.717) is 32.2 Å². The molecule has 0 spiro atoms. The van der Waals surface area contributed by atoms with Crippen molar-refractivity contribution < 1.29 is 18.7 Å². The van der Waals surface area contributed by atoms with Gasteiger partial charge in [-0.15, -0.1) is 0 Å². The van der Waals surface area contributed by atoms with Gasteiger partial charge in [-0.05, 0) is 43.9 Å². The van der Waals surface area contributed by atoms with E-state index in [4.69, 9.17) is 9.15 Å². The Morgan fingerprint density at radius 3 is 2.40 bits per heavy atom. The third kappa shape index (κ3) is 8.41. The van der Waals surface area contributed by atoms with Crippen molar-refractivity contribution in [2.24, 2.45) is 5.92 Å². The Hall–Kier alpha value is -2.60. The van der Waals surface area contributed by atoms with Gasteiger partial charge in [-0.25, -0.2) is 0 Å². The molecule has 30 heavy (non-hydrogen) atoms. The molecule has 0 saturated heterocycles. The zero-order valence-electron chi connectivity index (χ0n) is 18.6. The van der Waals surface area contributed by atoms with Gasteiger partial charge in [0.25, 0.3) is 0 Å². The molecule has 0 aliphatic rings. The topological polar surface area (TPSA) is 63.0 Å². The van der Waals surface area contributed by atoms with E-state index in [1.807, 2.05) is 47.1 Å². The van der Waals surface area contributed by atoms with Crippen molar-refractivity contribution in [1.29, 1.82) is 0 Å². The highest BCUT2D eigenvalue weighted by Crippen LogP contribution is 2.12. The molecule has 1 aromatic carbocycles. The van der Waals surface area contributed by atoms with Crippen LogP contribution in [0.1, 0.15) is 37.9 Å². The van der Waals surface area contributed by atoms with Crippen LogP contribution in [-0.4, -0.2) is 54.5 Å². The number of nitrogens with zero attached hydrogens (tertiary/aromatic N) is 2. The fourth-order valence-electron chi connectivity index (χ4n) is 3.34. The van der Waals surface area contributed by atoms with E-state index in [1.165, 1.54) is 5.56 Å². The van der Waals surface area contributed by atoms with Crippen LogP contribution >= 0.6 is 0 Å². The maximum atomic E-state index is 13.2. The number of amides is 1. The third-order valence-electron chi connectivity index (χ3n) is 4.65. The lowest BCUT2D eigenvalue weighted by Crippen LogP contribution is -2.44. The number of benzene rings is 1. The monoisotopic (exact) mass is 414 g/mol. The molecular weight excluding hydrogens is 380 g/mol. The molecule has 0 fully saturated rings. The molecule has 164 valence electrons. The molecule has 0 radical (unpaired) electrons. The van der Waals surface area contributed by atoms with E-state index < -0.39 is 0 Å². The van der Waals surface area contributed by atoms with Gasteiger partial charge in [-0.2, -0.15) is 0 Å². The second-order valence-corrected chi connectivity index (χ2v) is 7.93. The molecule has 0 bridgehead atoms. The van der Waals surface area contributed by atoms with Crippen LogP contribution in [0.2, 0.25) is 0 Å². The highest BCUT2D eigenvalue weighted by Gasteiger charge is 2.21. The van der Waals surface area contributed by atoms with Gasteiger partial charge in [0.15, 0.2) is 0 Å². The molecule has 1 aromatic heterocycles. The minimum Gasteiger partial charge on any atom is -0.465 e. The number of carbonyl (C=O) groups excluding carboxylic acids is 2. The first-order chi connectivity index (χ1) is 14.4. The summed E-state index contributed by atoms with van der Waals surface area (Å²) in [5.41, 5.74) is 1.18. The minimum absolute atomic E-state index is 0.0232. The first-order valence-corrected chi connectivity index (χ1v) is 10.6. The van der Waals surface area contributed by atoms with Crippen LogP contribution in [0.5, 0.6) is 0 Å². The molecule has 0 N–H and O–H groups in total. The first-order valence-electron chi connectivity index (χ1n) is 10.6. The number of rotatable bonds is 12. The molecular formula is C24H34N2O4. The van der Waals surface area contributed by atoms with E-state index in [0.717, 1.165) is 17.9 Å². The van der Waals surface area contributed by atoms with Crippen molar-refractivity contribution in [3.63, 3.8) is 0 Å². The van der Waals surface area contributed by atoms with Crippen LogP contribution in [0.3, 0.4) is 0 Å². The third-order valence-corrected chi connectivity index (χ3v) is 4.65. The maximum absolute atomic E-state index is 13.2. The van der Waals surface area contributed by atoms with E-state index in [9.17, 15) is 9.59 Å². The summed E-state index contributed by atoms with van der Waals surface area (Å²) >= 11 is 0. The predicted octanol–water partition coefficient (Wildman–Crippen LogP) is 3.68. The number of hydrogen-bond donors (Lipinski definition) is 0. The van der Waals surface area contributed by atoms with Crippen LogP contribution in [0.15, 0.2) is 46.9 Å². The average molecular weight is 415 g/mol. The van der Waals surface area contributed by atoms with Gasteiger partial charge in [0.2, 0.25) is 5.91 Å². The number of ether oxygens (including phenoxy) is 1. The van der Waals surface area contributed by atoms with Crippen LogP contribution < -0.4 is 0 Å². The number of aryl methyl sites for hydroxylation is 1. The number of hydrogen-bond acceptors (Lipinski definition) is 5.